The van der Waals surface area contributed by atoms with E-state index in [9.17, 15) is 14.4 Å². The topological polar surface area (TPSA) is 135 Å². The summed E-state index contributed by atoms with van der Waals surface area (Å²) < 4.78 is 6.26. The number of likely N-dealkylation sites (N-methyl/N-ethyl adjacent to an activating group) is 1. The van der Waals surface area contributed by atoms with Crippen LogP contribution in [-0.4, -0.2) is 36.9 Å². The third-order valence-electron chi connectivity index (χ3n) is 6.33. The van der Waals surface area contributed by atoms with Crippen molar-refractivity contribution in [2.24, 2.45) is 5.73 Å². The Morgan fingerprint density at radius 3 is 2.38 bits per heavy atom. The second-order valence-electron chi connectivity index (χ2n) is 8.91. The van der Waals surface area contributed by atoms with E-state index in [1.165, 1.54) is 12.1 Å². The van der Waals surface area contributed by atoms with Crippen molar-refractivity contribution in [3.8, 4) is 0 Å². The van der Waals surface area contributed by atoms with Gasteiger partial charge in [0.05, 0.1) is 12.2 Å². The number of rotatable bonds is 9. The number of primary amides is 1. The van der Waals surface area contributed by atoms with Crippen molar-refractivity contribution in [2.75, 3.05) is 24.2 Å². The van der Waals surface area contributed by atoms with Crippen molar-refractivity contribution in [3.63, 3.8) is 0 Å². The van der Waals surface area contributed by atoms with E-state index in [-0.39, 0.29) is 24.5 Å². The van der Waals surface area contributed by atoms with Gasteiger partial charge < -0.3 is 31.7 Å². The number of nitrogens with one attached hydrogen (secondary N) is 4. The summed E-state index contributed by atoms with van der Waals surface area (Å²) in [4.78, 5) is 37.5. The van der Waals surface area contributed by atoms with Crippen molar-refractivity contribution in [2.45, 2.75) is 19.1 Å². The quantitative estimate of drug-likeness (QED) is 0.253. The second kappa shape index (κ2) is 11.7. The third kappa shape index (κ3) is 5.94. The van der Waals surface area contributed by atoms with Crippen LogP contribution in [-0.2, 0) is 16.1 Å². The summed E-state index contributed by atoms with van der Waals surface area (Å²) in [5.41, 5.74) is 7.15. The molecule has 1 aliphatic heterocycles. The van der Waals surface area contributed by atoms with Crippen LogP contribution in [0.15, 0.2) is 72.4 Å². The molecule has 1 atom stereocenters. The van der Waals surface area contributed by atoms with Gasteiger partial charge in [-0.15, -0.1) is 0 Å². The lowest BCUT2D eigenvalue weighted by Crippen LogP contribution is -2.54. The van der Waals surface area contributed by atoms with Crippen LogP contribution in [0.25, 0.3) is 5.76 Å². The molecular weight excluding hydrogens is 541 g/mol. The number of hydrogen-bond donors (Lipinski definition) is 5. The van der Waals surface area contributed by atoms with Gasteiger partial charge in [0.25, 0.3) is 0 Å². The Kier molecular flexibility index (Phi) is 8.32. The van der Waals surface area contributed by atoms with Gasteiger partial charge in [0.2, 0.25) is 5.91 Å². The highest BCUT2D eigenvalue weighted by Crippen LogP contribution is 2.40. The molecule has 1 heterocycles. The molecule has 6 N–H and O–H groups in total. The Hall–Kier alpha value is -4.21. The lowest BCUT2D eigenvalue weighted by atomic mass is 9.85. The number of halogens is 2. The van der Waals surface area contributed by atoms with Crippen molar-refractivity contribution in [1.82, 2.24) is 10.6 Å². The monoisotopic (exact) mass is 567 g/mol. The van der Waals surface area contributed by atoms with Crippen LogP contribution < -0.4 is 27.0 Å². The van der Waals surface area contributed by atoms with Crippen LogP contribution >= 0.6 is 23.2 Å². The SMILES string of the molecule is CNC1=C(OCc2c(Cl)cccc2Cl)c2ccccc2NC1(C)C(=O)CNC(=O)Nc1cccc(C(N)=O)c1. The van der Waals surface area contributed by atoms with Crippen LogP contribution in [0.2, 0.25) is 10.0 Å². The minimum absolute atomic E-state index is 0.0721. The Bertz CT molecular complexity index is 1460. The first-order valence-electron chi connectivity index (χ1n) is 12.0. The predicted molar refractivity (Wildman–Crippen MR) is 153 cm³/mol. The maximum atomic E-state index is 13.6. The Balaban J connectivity index is 1.56. The summed E-state index contributed by atoms with van der Waals surface area (Å²) >= 11 is 12.7. The molecule has 39 heavy (non-hydrogen) atoms. The average Bonchev–Trinajstić information content (AvgIpc) is 2.91. The van der Waals surface area contributed by atoms with Crippen LogP contribution in [0.1, 0.15) is 28.4 Å². The first-order chi connectivity index (χ1) is 18.6. The fourth-order valence-electron chi connectivity index (χ4n) is 4.28. The van der Waals surface area contributed by atoms with Gasteiger partial charge in [-0.05, 0) is 49.4 Å². The standard InChI is InChI=1S/C28H27Cl2N5O4/c1-28(23(36)14-33-27(38)34-17-8-5-7-16(13-17)26(31)37)25(32-2)24(18-9-3-4-12-22(18)35-28)39-15-19-20(29)10-6-11-21(19)30/h3-13,32,35H,14-15H2,1-2H3,(H2,31,37)(H2,33,34,38). The summed E-state index contributed by atoms with van der Waals surface area (Å²) in [5, 5.41) is 12.5. The number of ketones is 1. The van der Waals surface area contributed by atoms with Crippen LogP contribution in [0, 0.1) is 0 Å². The minimum Gasteiger partial charge on any atom is -0.486 e. The van der Waals surface area contributed by atoms with Gasteiger partial charge >= 0.3 is 6.03 Å². The van der Waals surface area contributed by atoms with E-state index >= 15 is 0 Å². The zero-order valence-corrected chi connectivity index (χ0v) is 22.7. The Morgan fingerprint density at radius 1 is 1.00 bits per heavy atom. The highest BCUT2D eigenvalue weighted by atomic mass is 35.5. The van der Waals surface area contributed by atoms with Crippen LogP contribution in [0.3, 0.4) is 0 Å². The smallest absolute Gasteiger partial charge is 0.319 e. The third-order valence-corrected chi connectivity index (χ3v) is 7.04. The normalized spacial score (nSPS) is 16.0. The first kappa shape index (κ1) is 27.8. The molecule has 3 amide bonds. The van der Waals surface area contributed by atoms with Crippen molar-refractivity contribution >= 4 is 58.1 Å². The molecule has 0 fully saturated rings. The van der Waals surface area contributed by atoms with Gasteiger partial charge in [-0.25, -0.2) is 4.79 Å². The van der Waals surface area contributed by atoms with E-state index in [0.717, 1.165) is 5.56 Å². The zero-order chi connectivity index (χ0) is 28.2. The van der Waals surface area contributed by atoms with E-state index in [1.807, 2.05) is 24.3 Å². The molecule has 0 bridgehead atoms. The number of benzene rings is 3. The van der Waals surface area contributed by atoms with Crippen LogP contribution in [0.4, 0.5) is 16.2 Å². The molecule has 4 rings (SSSR count). The summed E-state index contributed by atoms with van der Waals surface area (Å²) in [7, 11) is 1.69. The maximum Gasteiger partial charge on any atom is 0.319 e. The predicted octanol–water partition coefficient (Wildman–Crippen LogP) is 4.77. The number of urea groups is 1. The number of para-hydroxylation sites is 1. The number of carbonyl (C=O) groups is 3. The van der Waals surface area contributed by atoms with Gasteiger partial charge in [0.1, 0.15) is 12.1 Å². The van der Waals surface area contributed by atoms with E-state index in [1.54, 1.807) is 44.3 Å². The summed E-state index contributed by atoms with van der Waals surface area (Å²) in [6.07, 6.45) is 0. The molecule has 0 aliphatic carbocycles. The number of anilines is 2. The molecule has 3 aromatic carbocycles. The fourth-order valence-corrected chi connectivity index (χ4v) is 4.79. The first-order valence-corrected chi connectivity index (χ1v) is 12.7. The lowest BCUT2D eigenvalue weighted by molar-refractivity contribution is -0.121. The molecule has 3 aromatic rings. The molecule has 0 radical (unpaired) electrons. The number of Topliss-reactive ketones (excluding diaryl/α,β-unsaturated/α-hetero) is 1. The average molecular weight is 568 g/mol. The molecule has 0 saturated heterocycles. The van der Waals surface area contributed by atoms with E-state index in [4.69, 9.17) is 33.7 Å². The lowest BCUT2D eigenvalue weighted by Gasteiger charge is -2.39. The van der Waals surface area contributed by atoms with Gasteiger partial charge in [0, 0.05) is 45.2 Å². The van der Waals surface area contributed by atoms with Gasteiger partial charge in [0.15, 0.2) is 11.5 Å². The highest BCUT2D eigenvalue weighted by Gasteiger charge is 2.43. The fraction of sp³-hybridized carbons (Fsp3) is 0.179. The van der Waals surface area contributed by atoms with Gasteiger partial charge in [-0.3, -0.25) is 9.59 Å². The number of amides is 3. The molecule has 202 valence electrons. The second-order valence-corrected chi connectivity index (χ2v) is 9.73. The molecule has 1 unspecified atom stereocenters. The van der Waals surface area contributed by atoms with Crippen LogP contribution in [0.5, 0.6) is 0 Å². The highest BCUT2D eigenvalue weighted by molar-refractivity contribution is 6.36. The largest absolute Gasteiger partial charge is 0.486 e. The van der Waals surface area contributed by atoms with Crippen molar-refractivity contribution in [3.05, 3.63) is 99.2 Å². The summed E-state index contributed by atoms with van der Waals surface area (Å²) in [6.45, 7) is 1.48. The number of hydrogen-bond acceptors (Lipinski definition) is 6. The molecule has 9 nitrogen and oxygen atoms in total. The van der Waals surface area contributed by atoms with Gasteiger partial charge in [-0.1, -0.05) is 47.5 Å². The molecule has 11 heteroatoms. The molecule has 0 spiro atoms. The maximum absolute atomic E-state index is 13.6. The van der Waals surface area contributed by atoms with E-state index in [2.05, 4.69) is 21.3 Å². The van der Waals surface area contributed by atoms with E-state index in [0.29, 0.717) is 38.4 Å². The Labute approximate surface area is 235 Å². The number of nitrogens with two attached hydrogens (primary N) is 1. The molecule has 1 aliphatic rings. The Morgan fingerprint density at radius 2 is 1.69 bits per heavy atom. The minimum atomic E-state index is -1.28. The number of fused-ring (bicyclic) bond motifs is 1. The summed E-state index contributed by atoms with van der Waals surface area (Å²) in [5.74, 6) is -0.502. The molecule has 0 aromatic heterocycles. The van der Waals surface area contributed by atoms with E-state index < -0.39 is 17.5 Å². The van der Waals surface area contributed by atoms with Gasteiger partial charge in [-0.2, -0.15) is 0 Å². The number of carbonyl (C=O) groups excluding carboxylic acids is 3. The summed E-state index contributed by atoms with van der Waals surface area (Å²) in [6, 6.07) is 18.2. The molecule has 0 saturated carbocycles. The zero-order valence-electron chi connectivity index (χ0n) is 21.2. The number of ether oxygens (including phenoxy) is 1. The molecular formula is C28H27Cl2N5O4. The van der Waals surface area contributed by atoms with Crippen molar-refractivity contribution < 1.29 is 19.1 Å². The van der Waals surface area contributed by atoms with Crippen molar-refractivity contribution in [1.29, 1.82) is 0 Å².